The molecule has 0 atom stereocenters. The van der Waals surface area contributed by atoms with Crippen molar-refractivity contribution in [3.05, 3.63) is 89.7 Å². The molecule has 0 radical (unpaired) electrons. The maximum absolute atomic E-state index is 12.3. The molecule has 0 fully saturated rings. The molecule has 3 aromatic rings. The molecule has 0 aliphatic heterocycles. The number of carbonyl (C=O) groups is 2. The first kappa shape index (κ1) is 21.0. The van der Waals surface area contributed by atoms with Crippen LogP contribution in [-0.4, -0.2) is 23.4 Å². The third-order valence-corrected chi connectivity index (χ3v) is 4.51. The van der Waals surface area contributed by atoms with Crippen LogP contribution in [0.25, 0.3) is 0 Å². The van der Waals surface area contributed by atoms with Gasteiger partial charge in [0, 0.05) is 36.6 Å². The predicted octanol–water partition coefficient (Wildman–Crippen LogP) is 3.98. The normalized spacial score (nSPS) is 10.3. The summed E-state index contributed by atoms with van der Waals surface area (Å²) >= 11 is 0. The highest BCUT2D eigenvalue weighted by atomic mass is 16.5. The Morgan fingerprint density at radius 1 is 1.00 bits per heavy atom. The number of hydrogen-bond donors (Lipinski definition) is 2. The number of ether oxygens (including phenoxy) is 1. The van der Waals surface area contributed by atoms with Gasteiger partial charge in [0.1, 0.15) is 5.75 Å². The van der Waals surface area contributed by atoms with Crippen molar-refractivity contribution in [3.63, 3.8) is 0 Å². The van der Waals surface area contributed by atoms with E-state index >= 15 is 0 Å². The minimum absolute atomic E-state index is 0.0347. The number of para-hydroxylation sites is 1. The van der Waals surface area contributed by atoms with Crippen LogP contribution in [-0.2, 0) is 17.8 Å². The summed E-state index contributed by atoms with van der Waals surface area (Å²) in [5, 5.41) is 5.79. The zero-order valence-electron chi connectivity index (χ0n) is 16.9. The van der Waals surface area contributed by atoms with Crippen molar-refractivity contribution >= 4 is 17.5 Å². The molecule has 6 heteroatoms. The number of nitrogens with zero attached hydrogens (tertiary/aromatic N) is 1. The first-order valence-electron chi connectivity index (χ1n) is 9.93. The Labute approximate surface area is 176 Å². The predicted molar refractivity (Wildman–Crippen MR) is 116 cm³/mol. The summed E-state index contributed by atoms with van der Waals surface area (Å²) in [4.78, 5) is 28.5. The lowest BCUT2D eigenvalue weighted by atomic mass is 10.1. The number of hydrogen-bond acceptors (Lipinski definition) is 4. The molecule has 0 aliphatic rings. The summed E-state index contributed by atoms with van der Waals surface area (Å²) < 4.78 is 5.61. The standard InChI is InChI=1S/C24H25N3O3/c1-2-30-22-9-4-3-7-19(22)10-11-23(28)26-17-18-6-5-8-21(16-18)27-24(29)20-12-14-25-15-13-20/h3-9,12-16H,2,10-11,17H2,1H3,(H,26,28)(H,27,29). The topological polar surface area (TPSA) is 80.3 Å². The number of nitrogens with one attached hydrogen (secondary N) is 2. The summed E-state index contributed by atoms with van der Waals surface area (Å²) in [5.41, 5.74) is 3.14. The summed E-state index contributed by atoms with van der Waals surface area (Å²) in [6.07, 6.45) is 4.15. The highest BCUT2D eigenvalue weighted by molar-refractivity contribution is 6.04. The van der Waals surface area contributed by atoms with E-state index < -0.39 is 0 Å². The van der Waals surface area contributed by atoms with Crippen LogP contribution >= 0.6 is 0 Å². The Morgan fingerprint density at radius 2 is 1.80 bits per heavy atom. The van der Waals surface area contributed by atoms with E-state index in [1.54, 1.807) is 24.5 Å². The molecular weight excluding hydrogens is 378 g/mol. The van der Waals surface area contributed by atoms with Crippen molar-refractivity contribution in [2.75, 3.05) is 11.9 Å². The van der Waals surface area contributed by atoms with Crippen LogP contribution in [0.15, 0.2) is 73.1 Å². The zero-order valence-corrected chi connectivity index (χ0v) is 16.9. The highest BCUT2D eigenvalue weighted by Crippen LogP contribution is 2.19. The van der Waals surface area contributed by atoms with Gasteiger partial charge in [0.2, 0.25) is 5.91 Å². The van der Waals surface area contributed by atoms with E-state index in [0.717, 1.165) is 16.9 Å². The third-order valence-electron chi connectivity index (χ3n) is 4.51. The maximum atomic E-state index is 12.3. The van der Waals surface area contributed by atoms with E-state index in [0.29, 0.717) is 37.2 Å². The van der Waals surface area contributed by atoms with Gasteiger partial charge in [-0.2, -0.15) is 0 Å². The fraction of sp³-hybridized carbons (Fsp3) is 0.208. The van der Waals surface area contributed by atoms with Crippen molar-refractivity contribution in [1.82, 2.24) is 10.3 Å². The Morgan fingerprint density at radius 3 is 2.60 bits per heavy atom. The molecule has 0 bridgehead atoms. The van der Waals surface area contributed by atoms with Gasteiger partial charge in [-0.05, 0) is 54.8 Å². The second-order valence-electron chi connectivity index (χ2n) is 6.71. The number of amides is 2. The molecule has 1 heterocycles. The fourth-order valence-electron chi connectivity index (χ4n) is 3.01. The van der Waals surface area contributed by atoms with E-state index in [1.807, 2.05) is 55.5 Å². The van der Waals surface area contributed by atoms with E-state index in [1.165, 1.54) is 0 Å². The van der Waals surface area contributed by atoms with Gasteiger partial charge in [0.05, 0.1) is 6.61 Å². The first-order chi connectivity index (χ1) is 14.7. The molecule has 3 rings (SSSR count). The Bertz CT molecular complexity index is 990. The SMILES string of the molecule is CCOc1ccccc1CCC(=O)NCc1cccc(NC(=O)c2ccncc2)c1. The molecule has 1 aromatic heterocycles. The Kier molecular flexibility index (Phi) is 7.55. The van der Waals surface area contributed by atoms with Crippen LogP contribution < -0.4 is 15.4 Å². The van der Waals surface area contributed by atoms with E-state index in [2.05, 4.69) is 15.6 Å². The van der Waals surface area contributed by atoms with Crippen molar-refractivity contribution in [2.45, 2.75) is 26.3 Å². The minimum Gasteiger partial charge on any atom is -0.494 e. The largest absolute Gasteiger partial charge is 0.494 e. The van der Waals surface area contributed by atoms with Gasteiger partial charge in [-0.25, -0.2) is 0 Å². The molecule has 2 N–H and O–H groups in total. The summed E-state index contributed by atoms with van der Waals surface area (Å²) in [5.74, 6) is 0.588. The van der Waals surface area contributed by atoms with E-state index in [9.17, 15) is 9.59 Å². The van der Waals surface area contributed by atoms with Gasteiger partial charge < -0.3 is 15.4 Å². The van der Waals surface area contributed by atoms with Crippen LogP contribution in [0, 0.1) is 0 Å². The van der Waals surface area contributed by atoms with E-state index in [4.69, 9.17) is 4.74 Å². The van der Waals surface area contributed by atoms with Gasteiger partial charge in [-0.15, -0.1) is 0 Å². The monoisotopic (exact) mass is 403 g/mol. The van der Waals surface area contributed by atoms with Crippen molar-refractivity contribution in [1.29, 1.82) is 0 Å². The molecule has 154 valence electrons. The quantitative estimate of drug-likeness (QED) is 0.566. The molecule has 6 nitrogen and oxygen atoms in total. The fourth-order valence-corrected chi connectivity index (χ4v) is 3.01. The van der Waals surface area contributed by atoms with Crippen LogP contribution in [0.4, 0.5) is 5.69 Å². The second kappa shape index (κ2) is 10.8. The Balaban J connectivity index is 1.50. The second-order valence-corrected chi connectivity index (χ2v) is 6.71. The number of carbonyl (C=O) groups excluding carboxylic acids is 2. The van der Waals surface area contributed by atoms with Crippen LogP contribution in [0.3, 0.4) is 0 Å². The summed E-state index contributed by atoms with van der Waals surface area (Å²) in [6, 6.07) is 18.5. The lowest BCUT2D eigenvalue weighted by Crippen LogP contribution is -2.23. The van der Waals surface area contributed by atoms with Crippen molar-refractivity contribution in [3.8, 4) is 5.75 Å². The van der Waals surface area contributed by atoms with E-state index in [-0.39, 0.29) is 11.8 Å². The number of aromatic nitrogens is 1. The molecule has 0 saturated heterocycles. The number of benzene rings is 2. The van der Waals surface area contributed by atoms with Gasteiger partial charge in [0.25, 0.3) is 5.91 Å². The minimum atomic E-state index is -0.202. The van der Waals surface area contributed by atoms with Gasteiger partial charge >= 0.3 is 0 Å². The average Bonchev–Trinajstić information content (AvgIpc) is 2.78. The smallest absolute Gasteiger partial charge is 0.255 e. The first-order valence-corrected chi connectivity index (χ1v) is 9.93. The highest BCUT2D eigenvalue weighted by Gasteiger charge is 2.08. The Hall–Kier alpha value is -3.67. The number of aryl methyl sites for hydroxylation is 1. The number of anilines is 1. The molecule has 0 saturated carbocycles. The molecule has 0 unspecified atom stereocenters. The van der Waals surface area contributed by atoms with Crippen LogP contribution in [0.5, 0.6) is 5.75 Å². The van der Waals surface area contributed by atoms with Gasteiger partial charge in [0.15, 0.2) is 0 Å². The van der Waals surface area contributed by atoms with Crippen LogP contribution in [0.1, 0.15) is 34.8 Å². The molecule has 0 aliphatic carbocycles. The van der Waals surface area contributed by atoms with Gasteiger partial charge in [-0.3, -0.25) is 14.6 Å². The summed E-state index contributed by atoms with van der Waals surface area (Å²) in [6.45, 7) is 2.93. The van der Waals surface area contributed by atoms with Gasteiger partial charge in [-0.1, -0.05) is 30.3 Å². The maximum Gasteiger partial charge on any atom is 0.255 e. The van der Waals surface area contributed by atoms with Crippen molar-refractivity contribution in [2.24, 2.45) is 0 Å². The molecule has 2 amide bonds. The molecule has 2 aromatic carbocycles. The lowest BCUT2D eigenvalue weighted by molar-refractivity contribution is -0.121. The summed E-state index contributed by atoms with van der Waals surface area (Å²) in [7, 11) is 0. The number of pyridine rings is 1. The van der Waals surface area contributed by atoms with Crippen LogP contribution in [0.2, 0.25) is 0 Å². The van der Waals surface area contributed by atoms with Crippen molar-refractivity contribution < 1.29 is 14.3 Å². The average molecular weight is 403 g/mol. The molecular formula is C24H25N3O3. The molecule has 30 heavy (non-hydrogen) atoms. The number of rotatable bonds is 9. The zero-order chi connectivity index (χ0) is 21.2. The lowest BCUT2D eigenvalue weighted by Gasteiger charge is -2.11. The molecule has 0 spiro atoms. The third kappa shape index (κ3) is 6.17.